The zero-order valence-electron chi connectivity index (χ0n) is 15.7. The van der Waals surface area contributed by atoms with Gasteiger partial charge in [0.1, 0.15) is 0 Å². The number of rotatable bonds is 11. The molecule has 0 aliphatic heterocycles. The Kier molecular flexibility index (Phi) is 8.29. The fourth-order valence-corrected chi connectivity index (χ4v) is 19.0. The fourth-order valence-electron chi connectivity index (χ4n) is 3.58. The molecule has 0 amide bonds. The van der Waals surface area contributed by atoms with Crippen LogP contribution in [0.3, 0.4) is 0 Å². The van der Waals surface area contributed by atoms with Gasteiger partial charge in [0.15, 0.2) is 0 Å². The van der Waals surface area contributed by atoms with Crippen molar-refractivity contribution in [2.45, 2.75) is 72.6 Å². The van der Waals surface area contributed by atoms with Gasteiger partial charge < -0.3 is 0 Å². The molecule has 0 saturated heterocycles. The molecular formula is C20H33N3Sn. The molecule has 2 aromatic rings. The van der Waals surface area contributed by atoms with Crippen LogP contribution in [-0.2, 0) is 0 Å². The Bertz CT molecular complexity index is 559. The van der Waals surface area contributed by atoms with Gasteiger partial charge >= 0.3 is 152 Å². The van der Waals surface area contributed by atoms with Gasteiger partial charge in [-0.1, -0.05) is 0 Å². The molecular weight excluding hydrogens is 401 g/mol. The summed E-state index contributed by atoms with van der Waals surface area (Å²) < 4.78 is 7.83. The molecule has 0 radical (unpaired) electrons. The summed E-state index contributed by atoms with van der Waals surface area (Å²) in [7, 11) is 0. The standard InChI is InChI=1S/C8H6N3.3C4H9.Sn/c1-4-10-11(7-1)8-2-5-9-6-3-8;3*1-3-4-2;/h1-5,7H;3*1,3-4H2,2H3;. The molecule has 24 heavy (non-hydrogen) atoms. The average molecular weight is 434 g/mol. The van der Waals surface area contributed by atoms with Crippen molar-refractivity contribution in [1.29, 1.82) is 0 Å². The van der Waals surface area contributed by atoms with Crippen molar-refractivity contribution in [1.82, 2.24) is 14.8 Å². The third kappa shape index (κ3) is 5.08. The van der Waals surface area contributed by atoms with Crippen molar-refractivity contribution in [3.05, 3.63) is 36.8 Å². The predicted octanol–water partition coefficient (Wildman–Crippen LogP) is 5.32. The summed E-state index contributed by atoms with van der Waals surface area (Å²) in [6, 6.07) is 6.44. The molecule has 2 heterocycles. The molecule has 0 aliphatic rings. The summed E-state index contributed by atoms with van der Waals surface area (Å²) in [5.41, 5.74) is 1.18. The normalized spacial score (nSPS) is 11.8. The van der Waals surface area contributed by atoms with Gasteiger partial charge in [-0.05, 0) is 0 Å². The maximum atomic E-state index is 4.93. The van der Waals surface area contributed by atoms with Gasteiger partial charge in [0.2, 0.25) is 0 Å². The Morgan fingerprint density at radius 1 is 0.917 bits per heavy atom. The monoisotopic (exact) mass is 435 g/mol. The molecule has 132 valence electrons. The summed E-state index contributed by atoms with van der Waals surface area (Å²) in [6.07, 6.45) is 13.9. The Morgan fingerprint density at radius 3 is 2.04 bits per heavy atom. The van der Waals surface area contributed by atoms with Crippen LogP contribution < -0.4 is 3.71 Å². The number of aromatic nitrogens is 3. The zero-order chi connectivity index (χ0) is 17.3. The van der Waals surface area contributed by atoms with Crippen LogP contribution in [0.1, 0.15) is 59.3 Å². The summed E-state index contributed by atoms with van der Waals surface area (Å²) in [6.45, 7) is 6.97. The summed E-state index contributed by atoms with van der Waals surface area (Å²) in [5.74, 6) is 0. The minimum absolute atomic E-state index is 1.18. The van der Waals surface area contributed by atoms with Crippen molar-refractivity contribution >= 4 is 22.1 Å². The fraction of sp³-hybridized carbons (Fsp3) is 0.600. The number of pyridine rings is 1. The van der Waals surface area contributed by atoms with Crippen molar-refractivity contribution in [2.75, 3.05) is 0 Å². The van der Waals surface area contributed by atoms with E-state index in [1.54, 1.807) is 0 Å². The van der Waals surface area contributed by atoms with Gasteiger partial charge in [0.25, 0.3) is 0 Å². The molecule has 4 heteroatoms. The van der Waals surface area contributed by atoms with E-state index in [2.05, 4.69) is 38.0 Å². The van der Waals surface area contributed by atoms with Crippen molar-refractivity contribution in [3.63, 3.8) is 0 Å². The summed E-state index contributed by atoms with van der Waals surface area (Å²) >= 11 is -2.43. The van der Waals surface area contributed by atoms with Gasteiger partial charge in [0.05, 0.1) is 0 Å². The van der Waals surface area contributed by atoms with Gasteiger partial charge in [-0.25, -0.2) is 0 Å². The number of unbranched alkanes of at least 4 members (excludes halogenated alkanes) is 3. The predicted molar refractivity (Wildman–Crippen MR) is 106 cm³/mol. The first-order valence-electron chi connectivity index (χ1n) is 9.72. The van der Waals surface area contributed by atoms with Crippen molar-refractivity contribution in [2.24, 2.45) is 0 Å². The van der Waals surface area contributed by atoms with Crippen LogP contribution in [0, 0.1) is 0 Å². The van der Waals surface area contributed by atoms with Crippen LogP contribution in [0.2, 0.25) is 13.3 Å². The van der Waals surface area contributed by atoms with E-state index in [9.17, 15) is 0 Å². The van der Waals surface area contributed by atoms with Crippen LogP contribution in [-0.4, -0.2) is 33.1 Å². The molecule has 2 rings (SSSR count). The molecule has 0 saturated carbocycles. The van der Waals surface area contributed by atoms with E-state index < -0.39 is 18.4 Å². The molecule has 0 fully saturated rings. The van der Waals surface area contributed by atoms with Gasteiger partial charge in [-0.3, -0.25) is 0 Å². The zero-order valence-corrected chi connectivity index (χ0v) is 18.5. The maximum absolute atomic E-state index is 4.93. The van der Waals surface area contributed by atoms with Crippen LogP contribution >= 0.6 is 0 Å². The molecule has 0 N–H and O–H groups in total. The van der Waals surface area contributed by atoms with E-state index in [0.717, 1.165) is 0 Å². The molecule has 3 nitrogen and oxygen atoms in total. The molecule has 0 spiro atoms. The molecule has 0 atom stereocenters. The molecule has 0 aromatic carbocycles. The second-order valence-corrected chi connectivity index (χ2v) is 20.0. The van der Waals surface area contributed by atoms with Gasteiger partial charge in [-0.15, -0.1) is 0 Å². The Hall–Kier alpha value is -0.841. The number of nitrogens with zero attached hydrogens (tertiary/aromatic N) is 3. The molecule has 0 unspecified atom stereocenters. The Labute approximate surface area is 151 Å². The van der Waals surface area contributed by atoms with E-state index in [4.69, 9.17) is 4.98 Å². The number of hydrogen-bond donors (Lipinski definition) is 0. The van der Waals surface area contributed by atoms with Gasteiger partial charge in [-0.2, -0.15) is 0 Å². The van der Waals surface area contributed by atoms with E-state index >= 15 is 0 Å². The minimum atomic E-state index is -2.43. The molecule has 2 aromatic heterocycles. The first kappa shape index (κ1) is 19.5. The average Bonchev–Trinajstić information content (AvgIpc) is 3.16. The molecule has 0 aliphatic carbocycles. The van der Waals surface area contributed by atoms with E-state index in [0.29, 0.717) is 0 Å². The molecule has 0 bridgehead atoms. The van der Waals surface area contributed by atoms with Crippen molar-refractivity contribution in [3.8, 4) is 5.69 Å². The second kappa shape index (κ2) is 10.2. The van der Waals surface area contributed by atoms with Crippen LogP contribution in [0.5, 0.6) is 0 Å². The summed E-state index contributed by atoms with van der Waals surface area (Å²) in [5, 5.41) is 4.41. The second-order valence-electron chi connectivity index (χ2n) is 6.94. The quantitative estimate of drug-likeness (QED) is 0.448. The van der Waals surface area contributed by atoms with E-state index in [1.807, 2.05) is 29.3 Å². The topological polar surface area (TPSA) is 30.7 Å². The first-order valence-corrected chi connectivity index (χ1v) is 17.2. The third-order valence-corrected chi connectivity index (χ3v) is 20.2. The van der Waals surface area contributed by atoms with Crippen LogP contribution in [0.25, 0.3) is 5.69 Å². The third-order valence-electron chi connectivity index (χ3n) is 5.08. The van der Waals surface area contributed by atoms with Gasteiger partial charge in [0, 0.05) is 0 Å². The van der Waals surface area contributed by atoms with E-state index in [-0.39, 0.29) is 0 Å². The Balaban J connectivity index is 2.37. The van der Waals surface area contributed by atoms with Crippen LogP contribution in [0.4, 0.5) is 0 Å². The Morgan fingerprint density at radius 2 is 1.54 bits per heavy atom. The first-order chi connectivity index (χ1) is 11.8. The van der Waals surface area contributed by atoms with Crippen LogP contribution in [0.15, 0.2) is 36.8 Å². The van der Waals surface area contributed by atoms with E-state index in [1.165, 1.54) is 61.2 Å². The SMILES string of the molecule is CCC[CH2][Sn]([CH2]CCC)([CH2]CCC)[c]1cc(-n2cccn2)ccn1. The number of hydrogen-bond acceptors (Lipinski definition) is 2. The van der Waals surface area contributed by atoms with Crippen molar-refractivity contribution < 1.29 is 0 Å². The summed E-state index contributed by atoms with van der Waals surface area (Å²) in [4.78, 5) is 4.93.